The maximum absolute atomic E-state index is 13.6. The number of hydrogen-bond acceptors (Lipinski definition) is 4. The van der Waals surface area contributed by atoms with E-state index in [1.165, 1.54) is 0 Å². The van der Waals surface area contributed by atoms with Gasteiger partial charge in [0.05, 0.1) is 6.10 Å². The number of halogens is 1. The third-order valence-electron chi connectivity index (χ3n) is 2.46. The maximum atomic E-state index is 13.6. The summed E-state index contributed by atoms with van der Waals surface area (Å²) < 4.78 is 39.4. The predicted molar refractivity (Wildman–Crippen MR) is 67.0 cm³/mol. The second kappa shape index (κ2) is 5.64. The van der Waals surface area contributed by atoms with Crippen LogP contribution in [-0.2, 0) is 10.0 Å². The number of aryl methyl sites for hydroxylation is 1. The number of aliphatic hydroxyl groups is 1. The van der Waals surface area contributed by atoms with E-state index in [0.717, 1.165) is 12.1 Å². The Kier molecular flexibility index (Phi) is 4.66. The van der Waals surface area contributed by atoms with Gasteiger partial charge in [0.25, 0.3) is 0 Å². The third kappa shape index (κ3) is 3.66. The van der Waals surface area contributed by atoms with Crippen LogP contribution in [0.5, 0.6) is 0 Å². The van der Waals surface area contributed by atoms with E-state index >= 15 is 0 Å². The lowest BCUT2D eigenvalue weighted by Crippen LogP contribution is -2.27. The summed E-state index contributed by atoms with van der Waals surface area (Å²) in [5.74, 6) is -0.841. The second-order valence-corrected chi connectivity index (χ2v) is 5.91. The number of anilines is 1. The number of rotatable bonds is 5. The van der Waals surface area contributed by atoms with Crippen molar-refractivity contribution in [1.82, 2.24) is 4.72 Å². The van der Waals surface area contributed by atoms with Crippen molar-refractivity contribution in [2.24, 2.45) is 0 Å². The molecule has 0 aromatic heterocycles. The fourth-order valence-electron chi connectivity index (χ4n) is 1.35. The van der Waals surface area contributed by atoms with E-state index in [-0.39, 0.29) is 18.7 Å². The molecule has 1 unspecified atom stereocenters. The molecule has 1 aromatic rings. The van der Waals surface area contributed by atoms with E-state index in [0.29, 0.717) is 5.56 Å². The van der Waals surface area contributed by atoms with Crippen LogP contribution in [0.1, 0.15) is 18.9 Å². The highest BCUT2D eigenvalue weighted by molar-refractivity contribution is 7.89. The van der Waals surface area contributed by atoms with Gasteiger partial charge in [-0.25, -0.2) is 17.5 Å². The minimum atomic E-state index is -3.94. The van der Waals surface area contributed by atoms with Crippen LogP contribution in [0.2, 0.25) is 0 Å². The molecule has 5 nitrogen and oxygen atoms in total. The van der Waals surface area contributed by atoms with Crippen LogP contribution in [0.3, 0.4) is 0 Å². The molecule has 1 aromatic carbocycles. The first-order valence-corrected chi connectivity index (χ1v) is 6.95. The van der Waals surface area contributed by atoms with Crippen molar-refractivity contribution in [1.29, 1.82) is 0 Å². The van der Waals surface area contributed by atoms with E-state index in [9.17, 15) is 12.8 Å². The molecule has 0 bridgehead atoms. The minimum absolute atomic E-state index is 0.0349. The van der Waals surface area contributed by atoms with Crippen LogP contribution in [0.25, 0.3) is 0 Å². The summed E-state index contributed by atoms with van der Waals surface area (Å²) >= 11 is 0. The van der Waals surface area contributed by atoms with Gasteiger partial charge in [0.15, 0.2) is 0 Å². The van der Waals surface area contributed by atoms with Crippen LogP contribution in [0, 0.1) is 12.7 Å². The minimum Gasteiger partial charge on any atom is -0.398 e. The van der Waals surface area contributed by atoms with Crippen molar-refractivity contribution in [3.63, 3.8) is 0 Å². The molecule has 0 amide bonds. The molecule has 18 heavy (non-hydrogen) atoms. The average Bonchev–Trinajstić information content (AvgIpc) is 2.22. The first kappa shape index (κ1) is 14.9. The molecule has 7 heteroatoms. The van der Waals surface area contributed by atoms with Crippen molar-refractivity contribution in [3.8, 4) is 0 Å². The Bertz CT molecular complexity index is 529. The summed E-state index contributed by atoms with van der Waals surface area (Å²) in [5, 5.41) is 9.03. The summed E-state index contributed by atoms with van der Waals surface area (Å²) in [6, 6.07) is 2.17. The van der Waals surface area contributed by atoms with Crippen LogP contribution in [0.15, 0.2) is 17.0 Å². The Morgan fingerprint density at radius 2 is 2.11 bits per heavy atom. The van der Waals surface area contributed by atoms with Gasteiger partial charge in [0.2, 0.25) is 10.0 Å². The molecule has 0 aliphatic carbocycles. The van der Waals surface area contributed by atoms with Gasteiger partial charge in [-0.1, -0.05) is 0 Å². The monoisotopic (exact) mass is 276 g/mol. The number of nitrogens with one attached hydrogen (secondary N) is 1. The van der Waals surface area contributed by atoms with Crippen LogP contribution in [-0.4, -0.2) is 26.2 Å². The predicted octanol–water partition coefficient (Wildman–Crippen LogP) is 0.766. The van der Waals surface area contributed by atoms with Gasteiger partial charge in [-0.05, 0) is 38.0 Å². The summed E-state index contributed by atoms with van der Waals surface area (Å²) in [7, 11) is -3.94. The van der Waals surface area contributed by atoms with E-state index in [1.807, 2.05) is 0 Å². The van der Waals surface area contributed by atoms with E-state index in [2.05, 4.69) is 4.72 Å². The van der Waals surface area contributed by atoms with Gasteiger partial charge >= 0.3 is 0 Å². The molecule has 1 atom stereocenters. The summed E-state index contributed by atoms with van der Waals surface area (Å²) in [6.07, 6.45) is -0.372. The molecular formula is C11H17FN2O3S. The van der Waals surface area contributed by atoms with Crippen LogP contribution >= 0.6 is 0 Å². The highest BCUT2D eigenvalue weighted by Crippen LogP contribution is 2.21. The fraction of sp³-hybridized carbons (Fsp3) is 0.455. The highest BCUT2D eigenvalue weighted by atomic mass is 32.2. The molecule has 0 saturated carbocycles. The fourth-order valence-corrected chi connectivity index (χ4v) is 2.49. The number of sulfonamides is 1. The molecule has 0 aliphatic rings. The van der Waals surface area contributed by atoms with E-state index < -0.39 is 26.8 Å². The molecule has 1 rings (SSSR count). The molecule has 0 fully saturated rings. The van der Waals surface area contributed by atoms with Gasteiger partial charge in [0, 0.05) is 12.2 Å². The smallest absolute Gasteiger partial charge is 0.243 e. The van der Waals surface area contributed by atoms with Gasteiger partial charge < -0.3 is 10.8 Å². The Morgan fingerprint density at radius 1 is 1.50 bits per heavy atom. The van der Waals surface area contributed by atoms with Crippen LogP contribution < -0.4 is 10.5 Å². The largest absolute Gasteiger partial charge is 0.398 e. The van der Waals surface area contributed by atoms with Crippen molar-refractivity contribution in [2.75, 3.05) is 12.3 Å². The highest BCUT2D eigenvalue weighted by Gasteiger charge is 2.20. The first-order valence-electron chi connectivity index (χ1n) is 5.47. The number of benzene rings is 1. The summed E-state index contributed by atoms with van der Waals surface area (Å²) in [6.45, 7) is 3.17. The molecule has 0 aliphatic heterocycles. The van der Waals surface area contributed by atoms with Crippen molar-refractivity contribution < 1.29 is 17.9 Å². The van der Waals surface area contributed by atoms with Gasteiger partial charge in [0.1, 0.15) is 10.7 Å². The molecule has 0 spiro atoms. The van der Waals surface area contributed by atoms with E-state index in [1.54, 1.807) is 13.8 Å². The van der Waals surface area contributed by atoms with E-state index in [4.69, 9.17) is 10.8 Å². The molecular weight excluding hydrogens is 259 g/mol. The summed E-state index contributed by atoms with van der Waals surface area (Å²) in [4.78, 5) is -0.476. The zero-order chi connectivity index (χ0) is 13.9. The quantitative estimate of drug-likeness (QED) is 0.692. The van der Waals surface area contributed by atoms with Crippen molar-refractivity contribution >= 4 is 15.7 Å². The number of nitrogens with two attached hydrogens (primary N) is 1. The number of hydrogen-bond donors (Lipinski definition) is 3. The molecule has 102 valence electrons. The number of nitrogen functional groups attached to an aromatic ring is 1. The Labute approximate surface area is 106 Å². The molecule has 0 saturated heterocycles. The Balaban J connectivity index is 2.95. The van der Waals surface area contributed by atoms with Gasteiger partial charge in [-0.2, -0.15) is 0 Å². The lowest BCUT2D eigenvalue weighted by Gasteiger charge is -2.10. The molecule has 0 radical (unpaired) electrons. The lowest BCUT2D eigenvalue weighted by atomic mass is 10.2. The zero-order valence-corrected chi connectivity index (χ0v) is 11.1. The average molecular weight is 276 g/mol. The molecule has 4 N–H and O–H groups in total. The summed E-state index contributed by atoms with van der Waals surface area (Å²) in [5.41, 5.74) is 6.26. The topological polar surface area (TPSA) is 92.4 Å². The normalized spacial score (nSPS) is 13.6. The number of aliphatic hydroxyl groups excluding tert-OH is 1. The Morgan fingerprint density at radius 3 is 2.67 bits per heavy atom. The zero-order valence-electron chi connectivity index (χ0n) is 10.3. The maximum Gasteiger partial charge on any atom is 0.243 e. The van der Waals surface area contributed by atoms with Crippen molar-refractivity contribution in [2.45, 2.75) is 31.3 Å². The van der Waals surface area contributed by atoms with Gasteiger partial charge in [-0.15, -0.1) is 0 Å². The second-order valence-electron chi connectivity index (χ2n) is 4.17. The third-order valence-corrected chi connectivity index (χ3v) is 3.94. The van der Waals surface area contributed by atoms with Crippen molar-refractivity contribution in [3.05, 3.63) is 23.5 Å². The first-order chi connectivity index (χ1) is 8.24. The lowest BCUT2D eigenvalue weighted by molar-refractivity contribution is 0.186. The van der Waals surface area contributed by atoms with Crippen LogP contribution in [0.4, 0.5) is 10.1 Å². The SMILES string of the molecule is Cc1cc(F)c(S(=O)(=O)NCCC(C)O)cc1N. The molecule has 0 heterocycles. The standard InChI is InChI=1S/C11H17FN2O3S/c1-7-5-9(12)11(6-10(7)13)18(16,17)14-4-3-8(2)15/h5-6,8,14-15H,3-4,13H2,1-2H3. The van der Waals surface area contributed by atoms with Gasteiger partial charge in [-0.3, -0.25) is 0 Å². The Hall–Kier alpha value is -1.18.